The number of hydrogen-bond acceptors (Lipinski definition) is 3. The Morgan fingerprint density at radius 3 is 2.47 bits per heavy atom. The van der Waals surface area contributed by atoms with Crippen molar-refractivity contribution >= 4 is 0 Å². The van der Waals surface area contributed by atoms with Crippen LogP contribution in [0.4, 0.5) is 0 Å². The Kier molecular flexibility index (Phi) is 6.55. The summed E-state index contributed by atoms with van der Waals surface area (Å²) in [7, 11) is 0. The smallest absolute Gasteiger partial charge is 0.0746 e. The molecule has 0 saturated carbocycles. The Labute approximate surface area is 93.5 Å². The van der Waals surface area contributed by atoms with E-state index in [1.54, 1.807) is 0 Å². The predicted molar refractivity (Wildman–Crippen MR) is 62.4 cm³/mol. The van der Waals surface area contributed by atoms with E-state index >= 15 is 0 Å². The fourth-order valence-electron chi connectivity index (χ4n) is 1.79. The van der Waals surface area contributed by atoms with Crippen molar-refractivity contribution in [3.8, 4) is 6.07 Å². The van der Waals surface area contributed by atoms with Gasteiger partial charge in [0.2, 0.25) is 0 Å². The Bertz CT molecular complexity index is 206. The fourth-order valence-corrected chi connectivity index (χ4v) is 1.79. The molecule has 0 aromatic carbocycles. The number of nitriles is 1. The van der Waals surface area contributed by atoms with Crippen LogP contribution in [0.25, 0.3) is 0 Å². The zero-order valence-corrected chi connectivity index (χ0v) is 10.4. The van der Waals surface area contributed by atoms with Crippen LogP contribution in [-0.4, -0.2) is 23.3 Å². The first-order valence-electron chi connectivity index (χ1n) is 5.74. The Morgan fingerprint density at radius 2 is 2.07 bits per heavy atom. The molecule has 2 unspecified atom stereocenters. The monoisotopic (exact) mass is 212 g/mol. The summed E-state index contributed by atoms with van der Waals surface area (Å²) in [5.41, 5.74) is -0.670. The molecule has 88 valence electrons. The van der Waals surface area contributed by atoms with E-state index in [0.29, 0.717) is 18.9 Å². The highest BCUT2D eigenvalue weighted by Gasteiger charge is 2.22. The van der Waals surface area contributed by atoms with Crippen LogP contribution in [0.2, 0.25) is 0 Å². The van der Waals surface area contributed by atoms with E-state index in [0.717, 1.165) is 12.8 Å². The topological polar surface area (TPSA) is 56.0 Å². The van der Waals surface area contributed by atoms with E-state index in [-0.39, 0.29) is 6.04 Å². The SMILES string of the molecule is CCC(CC#N)NCC(C)(O)CC(C)C. The first kappa shape index (κ1) is 14.4. The number of aliphatic hydroxyl groups is 1. The highest BCUT2D eigenvalue weighted by molar-refractivity contribution is 4.84. The van der Waals surface area contributed by atoms with Crippen molar-refractivity contribution < 1.29 is 5.11 Å². The number of rotatable bonds is 7. The van der Waals surface area contributed by atoms with Gasteiger partial charge in [-0.2, -0.15) is 5.26 Å². The fraction of sp³-hybridized carbons (Fsp3) is 0.917. The van der Waals surface area contributed by atoms with Gasteiger partial charge in [-0.15, -0.1) is 0 Å². The minimum absolute atomic E-state index is 0.202. The molecule has 0 aromatic heterocycles. The van der Waals surface area contributed by atoms with Crippen LogP contribution in [0.15, 0.2) is 0 Å². The molecule has 0 spiro atoms. The summed E-state index contributed by atoms with van der Waals surface area (Å²) in [6.45, 7) is 8.65. The van der Waals surface area contributed by atoms with Crippen LogP contribution in [-0.2, 0) is 0 Å². The van der Waals surface area contributed by atoms with Crippen LogP contribution in [0.1, 0.15) is 47.0 Å². The second-order valence-corrected chi connectivity index (χ2v) is 4.94. The summed E-state index contributed by atoms with van der Waals surface area (Å²) in [5, 5.41) is 21.9. The molecule has 0 fully saturated rings. The largest absolute Gasteiger partial charge is 0.389 e. The third-order valence-electron chi connectivity index (χ3n) is 2.45. The molecular weight excluding hydrogens is 188 g/mol. The lowest BCUT2D eigenvalue weighted by molar-refractivity contribution is 0.0359. The van der Waals surface area contributed by atoms with E-state index in [1.165, 1.54) is 0 Å². The van der Waals surface area contributed by atoms with Crippen molar-refractivity contribution in [2.75, 3.05) is 6.54 Å². The lowest BCUT2D eigenvalue weighted by atomic mass is 9.94. The number of nitrogens with one attached hydrogen (secondary N) is 1. The molecule has 3 nitrogen and oxygen atoms in total. The molecule has 0 amide bonds. The van der Waals surface area contributed by atoms with Crippen LogP contribution >= 0.6 is 0 Å². The molecule has 0 heterocycles. The Hall–Kier alpha value is -0.590. The highest BCUT2D eigenvalue weighted by Crippen LogP contribution is 2.15. The van der Waals surface area contributed by atoms with Gasteiger partial charge in [-0.05, 0) is 25.7 Å². The standard InChI is InChI=1S/C12H24N2O/c1-5-11(6-7-13)14-9-12(4,15)8-10(2)3/h10-11,14-15H,5-6,8-9H2,1-4H3. The summed E-state index contributed by atoms with van der Waals surface area (Å²) < 4.78 is 0. The second-order valence-electron chi connectivity index (χ2n) is 4.94. The van der Waals surface area contributed by atoms with Gasteiger partial charge >= 0.3 is 0 Å². The van der Waals surface area contributed by atoms with Crippen LogP contribution in [0, 0.1) is 17.2 Å². The van der Waals surface area contributed by atoms with Gasteiger partial charge in [0, 0.05) is 12.6 Å². The molecule has 0 aliphatic rings. The molecule has 0 radical (unpaired) electrons. The average Bonchev–Trinajstić information content (AvgIpc) is 2.10. The van der Waals surface area contributed by atoms with Crippen molar-refractivity contribution in [3.05, 3.63) is 0 Å². The molecule has 0 saturated heterocycles. The van der Waals surface area contributed by atoms with Gasteiger partial charge in [0.1, 0.15) is 0 Å². The predicted octanol–water partition coefficient (Wildman–Crippen LogP) is 2.07. The quantitative estimate of drug-likeness (QED) is 0.679. The minimum Gasteiger partial charge on any atom is -0.389 e. The number of hydrogen-bond donors (Lipinski definition) is 2. The van der Waals surface area contributed by atoms with E-state index in [4.69, 9.17) is 5.26 Å². The third kappa shape index (κ3) is 7.35. The van der Waals surface area contributed by atoms with Crippen LogP contribution < -0.4 is 5.32 Å². The summed E-state index contributed by atoms with van der Waals surface area (Å²) >= 11 is 0. The number of nitrogens with zero attached hydrogens (tertiary/aromatic N) is 1. The van der Waals surface area contributed by atoms with Gasteiger partial charge in [0.05, 0.1) is 18.1 Å². The molecule has 0 aliphatic heterocycles. The maximum atomic E-state index is 10.1. The Morgan fingerprint density at radius 1 is 1.47 bits per heavy atom. The van der Waals surface area contributed by atoms with E-state index in [1.807, 2.05) is 13.8 Å². The van der Waals surface area contributed by atoms with Gasteiger partial charge in [0.25, 0.3) is 0 Å². The molecule has 0 bridgehead atoms. The maximum absolute atomic E-state index is 10.1. The van der Waals surface area contributed by atoms with Crippen molar-refractivity contribution in [2.24, 2.45) is 5.92 Å². The van der Waals surface area contributed by atoms with Gasteiger partial charge in [0.15, 0.2) is 0 Å². The van der Waals surface area contributed by atoms with Crippen molar-refractivity contribution in [2.45, 2.75) is 58.6 Å². The molecule has 2 N–H and O–H groups in total. The van der Waals surface area contributed by atoms with Gasteiger partial charge in [-0.1, -0.05) is 20.8 Å². The van der Waals surface area contributed by atoms with Gasteiger partial charge in [-0.3, -0.25) is 0 Å². The molecule has 0 aliphatic carbocycles. The van der Waals surface area contributed by atoms with Crippen LogP contribution in [0.5, 0.6) is 0 Å². The van der Waals surface area contributed by atoms with Gasteiger partial charge in [-0.25, -0.2) is 0 Å². The summed E-state index contributed by atoms with van der Waals surface area (Å²) in [4.78, 5) is 0. The van der Waals surface area contributed by atoms with E-state index in [2.05, 4.69) is 25.2 Å². The molecule has 15 heavy (non-hydrogen) atoms. The maximum Gasteiger partial charge on any atom is 0.0746 e. The molecule has 3 heteroatoms. The van der Waals surface area contributed by atoms with Crippen LogP contribution in [0.3, 0.4) is 0 Å². The highest BCUT2D eigenvalue weighted by atomic mass is 16.3. The second kappa shape index (κ2) is 6.81. The molecule has 0 aromatic rings. The normalized spacial score (nSPS) is 17.1. The minimum atomic E-state index is -0.670. The third-order valence-corrected chi connectivity index (χ3v) is 2.45. The molecule has 2 atom stereocenters. The Balaban J connectivity index is 3.95. The zero-order chi connectivity index (χ0) is 11.9. The lowest BCUT2D eigenvalue weighted by Gasteiger charge is -2.27. The van der Waals surface area contributed by atoms with Crippen molar-refractivity contribution in [1.82, 2.24) is 5.32 Å². The summed E-state index contributed by atoms with van der Waals surface area (Å²) in [6, 6.07) is 2.35. The van der Waals surface area contributed by atoms with Crippen molar-refractivity contribution in [3.63, 3.8) is 0 Å². The first-order valence-corrected chi connectivity index (χ1v) is 5.74. The van der Waals surface area contributed by atoms with Gasteiger partial charge < -0.3 is 10.4 Å². The first-order chi connectivity index (χ1) is 6.91. The van der Waals surface area contributed by atoms with E-state index in [9.17, 15) is 5.11 Å². The van der Waals surface area contributed by atoms with E-state index < -0.39 is 5.60 Å². The lowest BCUT2D eigenvalue weighted by Crippen LogP contribution is -2.43. The zero-order valence-electron chi connectivity index (χ0n) is 10.4. The van der Waals surface area contributed by atoms with Crippen molar-refractivity contribution in [1.29, 1.82) is 5.26 Å². The summed E-state index contributed by atoms with van der Waals surface area (Å²) in [5.74, 6) is 0.484. The summed E-state index contributed by atoms with van der Waals surface area (Å²) in [6.07, 6.45) is 2.21. The molecular formula is C12H24N2O. The average molecular weight is 212 g/mol. The molecule has 0 rings (SSSR count).